The Labute approximate surface area is 262 Å². The summed E-state index contributed by atoms with van der Waals surface area (Å²) < 4.78 is 25.6. The first kappa shape index (κ1) is 31.5. The lowest BCUT2D eigenvalue weighted by Crippen LogP contribution is -2.51. The highest BCUT2D eigenvalue weighted by molar-refractivity contribution is 6.01. The van der Waals surface area contributed by atoms with Gasteiger partial charge in [-0.1, -0.05) is 6.92 Å². The maximum absolute atomic E-state index is 15.1. The second kappa shape index (κ2) is 12.0. The van der Waals surface area contributed by atoms with Crippen molar-refractivity contribution in [1.29, 1.82) is 0 Å². The standard InChI is InChI=1S/C31H35FN6O8/c1-3-31(44)18-6-22-28-16(10-38(22)29(42)17(18)11-46-30(31)43)27-20(5-4-15-14(2)19(32)7-21(37-28)26(15)27)36-25(41)12-45-13-35-24(40)9-34-23(39)8-33/h7,20,22,44H,3-6,8-13,33H2,1-2H3,(H,34,39)(H,35,40)(H,36,41)/t20-,22?,31-/m0/s1. The number of cyclic esters (lactones) is 1. The molecule has 4 amide bonds. The summed E-state index contributed by atoms with van der Waals surface area (Å²) in [6.45, 7) is 2.14. The number of pyridine rings is 1. The molecule has 6 rings (SSSR count). The molecule has 0 saturated carbocycles. The maximum atomic E-state index is 15.1. The second-order valence-electron chi connectivity index (χ2n) is 11.9. The normalized spacial score (nSPS) is 23.0. The summed E-state index contributed by atoms with van der Waals surface area (Å²) in [5.41, 5.74) is 7.56. The van der Waals surface area contributed by atoms with Crippen LogP contribution in [0.15, 0.2) is 17.2 Å². The molecule has 46 heavy (non-hydrogen) atoms. The number of nitrogens with zero attached hydrogens (tertiary/aromatic N) is 2. The molecule has 1 aromatic carbocycles. The van der Waals surface area contributed by atoms with E-state index < -0.39 is 47.2 Å². The van der Waals surface area contributed by atoms with Gasteiger partial charge in [-0.05, 0) is 54.9 Å². The van der Waals surface area contributed by atoms with E-state index in [2.05, 4.69) is 16.0 Å². The molecule has 3 atom stereocenters. The molecule has 1 unspecified atom stereocenters. The molecule has 3 aliphatic heterocycles. The molecule has 14 nitrogen and oxygen atoms in total. The van der Waals surface area contributed by atoms with E-state index in [1.807, 2.05) is 0 Å². The Morgan fingerprint density at radius 1 is 1.22 bits per heavy atom. The number of carbonyl (C=O) groups is 5. The summed E-state index contributed by atoms with van der Waals surface area (Å²) in [5.74, 6) is -3.02. The number of fused-ring (bicyclic) bond motifs is 4. The van der Waals surface area contributed by atoms with Crippen molar-refractivity contribution in [2.24, 2.45) is 5.73 Å². The van der Waals surface area contributed by atoms with Gasteiger partial charge in [0.25, 0.3) is 5.91 Å². The number of aryl methyl sites for hydroxylation is 1. The lowest BCUT2D eigenvalue weighted by atomic mass is 9.78. The zero-order valence-corrected chi connectivity index (χ0v) is 25.5. The van der Waals surface area contributed by atoms with Crippen LogP contribution in [0.25, 0.3) is 10.9 Å². The number of aliphatic hydroxyl groups is 1. The molecule has 244 valence electrons. The van der Waals surface area contributed by atoms with Gasteiger partial charge in [0.1, 0.15) is 25.8 Å². The zero-order chi connectivity index (χ0) is 32.9. The number of halogens is 1. The maximum Gasteiger partial charge on any atom is 0.342 e. The Kier molecular flexibility index (Phi) is 8.25. The van der Waals surface area contributed by atoms with Gasteiger partial charge in [-0.25, -0.2) is 9.18 Å². The first-order chi connectivity index (χ1) is 22.0. The summed E-state index contributed by atoms with van der Waals surface area (Å²) in [6.07, 6.45) is 1.14. The van der Waals surface area contributed by atoms with Gasteiger partial charge < -0.3 is 41.2 Å². The van der Waals surface area contributed by atoms with Gasteiger partial charge in [0.15, 0.2) is 5.60 Å². The highest BCUT2D eigenvalue weighted by Crippen LogP contribution is 2.51. The highest BCUT2D eigenvalue weighted by Gasteiger charge is 2.53. The number of benzene rings is 1. The van der Waals surface area contributed by atoms with Crippen LogP contribution in [0.2, 0.25) is 0 Å². The molecule has 1 aromatic heterocycles. The van der Waals surface area contributed by atoms with Crippen LogP contribution in [0.5, 0.6) is 0 Å². The predicted molar refractivity (Wildman–Crippen MR) is 158 cm³/mol. The Morgan fingerprint density at radius 2 is 2.00 bits per heavy atom. The van der Waals surface area contributed by atoms with E-state index in [0.29, 0.717) is 35.2 Å². The molecule has 15 heteroatoms. The Balaban J connectivity index is 1.27. The minimum absolute atomic E-state index is 0.0342. The van der Waals surface area contributed by atoms with Crippen LogP contribution >= 0.6 is 0 Å². The first-order valence-corrected chi connectivity index (χ1v) is 15.2. The fourth-order valence-corrected chi connectivity index (χ4v) is 6.98. The monoisotopic (exact) mass is 638 g/mol. The van der Waals surface area contributed by atoms with E-state index in [1.165, 1.54) is 6.07 Å². The highest BCUT2D eigenvalue weighted by atomic mass is 19.1. The topological polar surface area (TPSA) is 202 Å². The fraction of sp³-hybridized carbons (Fsp3) is 0.484. The number of amides is 4. The van der Waals surface area contributed by atoms with Crippen molar-refractivity contribution in [3.63, 3.8) is 0 Å². The van der Waals surface area contributed by atoms with Gasteiger partial charge >= 0.3 is 5.97 Å². The van der Waals surface area contributed by atoms with Gasteiger partial charge in [-0.15, -0.1) is 0 Å². The average molecular weight is 639 g/mol. The number of hydrogen-bond donors (Lipinski definition) is 5. The minimum atomic E-state index is -1.92. The summed E-state index contributed by atoms with van der Waals surface area (Å²) in [4.78, 5) is 69.0. The van der Waals surface area contributed by atoms with E-state index in [4.69, 9.17) is 20.2 Å². The summed E-state index contributed by atoms with van der Waals surface area (Å²) in [6, 6.07) is 0.256. The Morgan fingerprint density at radius 3 is 2.74 bits per heavy atom. The number of nitrogens with one attached hydrogen (secondary N) is 3. The lowest BCUT2D eigenvalue weighted by Gasteiger charge is -2.41. The minimum Gasteiger partial charge on any atom is -0.458 e. The number of carbonyl (C=O) groups excluding carboxylic acids is 5. The van der Waals surface area contributed by atoms with Crippen molar-refractivity contribution >= 4 is 40.5 Å². The van der Waals surface area contributed by atoms with Crippen molar-refractivity contribution in [3.05, 3.63) is 51.0 Å². The molecule has 0 bridgehead atoms. The smallest absolute Gasteiger partial charge is 0.342 e. The van der Waals surface area contributed by atoms with Crippen LogP contribution in [0.4, 0.5) is 4.39 Å². The Hall–Kier alpha value is -4.47. The van der Waals surface area contributed by atoms with E-state index in [9.17, 15) is 29.1 Å². The fourth-order valence-electron chi connectivity index (χ4n) is 6.98. The number of nitrogens with two attached hydrogens (primary N) is 1. The molecule has 0 radical (unpaired) electrons. The second-order valence-corrected chi connectivity index (χ2v) is 11.9. The molecule has 4 aliphatic rings. The first-order valence-electron chi connectivity index (χ1n) is 15.2. The number of aromatic nitrogens is 1. The molecule has 0 spiro atoms. The number of rotatable bonds is 9. The van der Waals surface area contributed by atoms with Crippen LogP contribution in [0.1, 0.15) is 66.2 Å². The van der Waals surface area contributed by atoms with Crippen molar-refractivity contribution < 1.29 is 42.9 Å². The van der Waals surface area contributed by atoms with Gasteiger partial charge in [-0.2, -0.15) is 0 Å². The van der Waals surface area contributed by atoms with E-state index >= 15 is 4.39 Å². The molecule has 1 aliphatic carbocycles. The lowest BCUT2D eigenvalue weighted by molar-refractivity contribution is -0.165. The molecule has 2 aromatic rings. The number of esters is 1. The molecule has 0 saturated heterocycles. The van der Waals surface area contributed by atoms with Crippen LogP contribution in [0.3, 0.4) is 0 Å². The molecular formula is C31H35FN6O8. The molecular weight excluding hydrogens is 603 g/mol. The molecule has 6 N–H and O–H groups in total. The molecule has 0 fully saturated rings. The number of ether oxygens (including phenoxy) is 2. The zero-order valence-electron chi connectivity index (χ0n) is 25.5. The van der Waals surface area contributed by atoms with Gasteiger partial charge in [0, 0.05) is 23.6 Å². The third-order valence-corrected chi connectivity index (χ3v) is 9.38. The average Bonchev–Trinajstić information content (AvgIpc) is 3.41. The third kappa shape index (κ3) is 5.17. The van der Waals surface area contributed by atoms with Gasteiger partial charge in [0.2, 0.25) is 17.7 Å². The van der Waals surface area contributed by atoms with E-state index in [0.717, 1.165) is 22.1 Å². The van der Waals surface area contributed by atoms with Crippen molar-refractivity contribution in [3.8, 4) is 0 Å². The Bertz CT molecular complexity index is 1730. The van der Waals surface area contributed by atoms with Crippen LogP contribution in [-0.2, 0) is 46.4 Å². The van der Waals surface area contributed by atoms with Crippen LogP contribution in [-0.4, -0.2) is 83.2 Å². The SMILES string of the molecule is CC[C@@]1(O)C(=O)OCC2=C1CC1c3nc4cc(F)c(C)c5c4c(c3CN1C2=O)[C@@H](NC(=O)COCNC(=O)CNC(=O)CN)CC5. The van der Waals surface area contributed by atoms with Crippen molar-refractivity contribution in [2.45, 2.75) is 63.8 Å². The van der Waals surface area contributed by atoms with Crippen molar-refractivity contribution in [2.75, 3.05) is 33.0 Å². The summed E-state index contributed by atoms with van der Waals surface area (Å²) >= 11 is 0. The largest absolute Gasteiger partial charge is 0.458 e. The quantitative estimate of drug-likeness (QED) is 0.138. The van der Waals surface area contributed by atoms with Crippen LogP contribution in [0, 0.1) is 12.7 Å². The van der Waals surface area contributed by atoms with Crippen molar-refractivity contribution in [1.82, 2.24) is 25.8 Å². The summed E-state index contributed by atoms with van der Waals surface area (Å²) in [5, 5.41) is 19.7. The van der Waals surface area contributed by atoms with E-state index in [1.54, 1.807) is 18.7 Å². The third-order valence-electron chi connectivity index (χ3n) is 9.38. The van der Waals surface area contributed by atoms with E-state index in [-0.39, 0.29) is 63.9 Å². The number of hydrogen-bond acceptors (Lipinski definition) is 10. The predicted octanol–water partition coefficient (Wildman–Crippen LogP) is -0.267. The summed E-state index contributed by atoms with van der Waals surface area (Å²) in [7, 11) is 0. The van der Waals surface area contributed by atoms with Gasteiger partial charge in [0.05, 0.1) is 42.0 Å². The molecule has 4 heterocycles. The van der Waals surface area contributed by atoms with Crippen LogP contribution < -0.4 is 21.7 Å². The van der Waals surface area contributed by atoms with Gasteiger partial charge in [-0.3, -0.25) is 24.2 Å².